The summed E-state index contributed by atoms with van der Waals surface area (Å²) in [6.07, 6.45) is -0.859. The molecule has 6 heteroatoms. The number of carbonyl (C=O) groups is 1. The van der Waals surface area contributed by atoms with Crippen molar-refractivity contribution in [1.29, 1.82) is 0 Å². The van der Waals surface area contributed by atoms with E-state index in [0.717, 1.165) is 9.39 Å². The minimum Gasteiger partial charge on any atom is -0.465 e. The van der Waals surface area contributed by atoms with Crippen LogP contribution < -0.4 is 0 Å². The summed E-state index contributed by atoms with van der Waals surface area (Å²) in [7, 11) is 0. The zero-order valence-electron chi connectivity index (χ0n) is 6.77. The molecule has 2 heterocycles. The van der Waals surface area contributed by atoms with Gasteiger partial charge in [0.05, 0.1) is 18.8 Å². The van der Waals surface area contributed by atoms with Crippen molar-refractivity contribution in [3.05, 3.63) is 15.5 Å². The Morgan fingerprint density at radius 2 is 2.38 bits per heavy atom. The minimum atomic E-state index is -0.859. The molecule has 0 bridgehead atoms. The molecular formula is C7H8IN3O2. The molecule has 1 aliphatic rings. The van der Waals surface area contributed by atoms with E-state index in [2.05, 4.69) is 27.7 Å². The summed E-state index contributed by atoms with van der Waals surface area (Å²) in [6.45, 7) is 1.63. The largest absolute Gasteiger partial charge is 0.465 e. The van der Waals surface area contributed by atoms with Gasteiger partial charge in [-0.2, -0.15) is 5.10 Å². The van der Waals surface area contributed by atoms with Crippen LogP contribution in [0.2, 0.25) is 0 Å². The van der Waals surface area contributed by atoms with Gasteiger partial charge in [0.2, 0.25) is 0 Å². The number of amides is 1. The van der Waals surface area contributed by atoms with Gasteiger partial charge >= 0.3 is 6.09 Å². The van der Waals surface area contributed by atoms with E-state index in [9.17, 15) is 4.79 Å². The van der Waals surface area contributed by atoms with E-state index in [-0.39, 0.29) is 0 Å². The van der Waals surface area contributed by atoms with Crippen LogP contribution in [0.5, 0.6) is 0 Å². The summed E-state index contributed by atoms with van der Waals surface area (Å²) in [6, 6.07) is 1.91. The Morgan fingerprint density at radius 1 is 1.62 bits per heavy atom. The molecule has 70 valence electrons. The highest BCUT2D eigenvalue weighted by molar-refractivity contribution is 14.1. The van der Waals surface area contributed by atoms with E-state index >= 15 is 0 Å². The molecule has 0 atom stereocenters. The second-order valence-corrected chi connectivity index (χ2v) is 3.99. The molecule has 0 unspecified atom stereocenters. The summed E-state index contributed by atoms with van der Waals surface area (Å²) >= 11 is 2.13. The van der Waals surface area contributed by atoms with Crippen molar-refractivity contribution in [3.8, 4) is 0 Å². The van der Waals surface area contributed by atoms with Crippen LogP contribution in [-0.4, -0.2) is 32.4 Å². The fourth-order valence-electron chi connectivity index (χ4n) is 1.39. The lowest BCUT2D eigenvalue weighted by Gasteiger charge is -2.24. The van der Waals surface area contributed by atoms with Gasteiger partial charge in [0, 0.05) is 6.54 Å². The third-order valence-electron chi connectivity index (χ3n) is 2.04. The van der Waals surface area contributed by atoms with Crippen LogP contribution in [0.15, 0.2) is 6.07 Å². The lowest BCUT2D eigenvalue weighted by atomic mass is 10.3. The molecule has 1 aliphatic heterocycles. The topological polar surface area (TPSA) is 58.4 Å². The average Bonchev–Trinajstić information content (AvgIpc) is 2.42. The summed E-state index contributed by atoms with van der Waals surface area (Å²) in [5, 5.41) is 13.0. The number of carboxylic acid groups (broad SMARTS) is 1. The predicted octanol–water partition coefficient (Wildman–Crippen LogP) is 0.981. The molecule has 1 N–H and O–H groups in total. The molecule has 2 rings (SSSR count). The van der Waals surface area contributed by atoms with Crippen molar-refractivity contribution >= 4 is 28.7 Å². The zero-order valence-corrected chi connectivity index (χ0v) is 8.93. The Hall–Kier alpha value is -0.790. The molecule has 0 fully saturated rings. The van der Waals surface area contributed by atoms with Crippen LogP contribution in [0.3, 0.4) is 0 Å². The maximum Gasteiger partial charge on any atom is 0.407 e. The number of rotatable bonds is 0. The summed E-state index contributed by atoms with van der Waals surface area (Å²) < 4.78 is 2.78. The molecule has 0 radical (unpaired) electrons. The summed E-state index contributed by atoms with van der Waals surface area (Å²) in [4.78, 5) is 12.1. The first-order valence-electron chi connectivity index (χ1n) is 3.87. The van der Waals surface area contributed by atoms with Crippen molar-refractivity contribution < 1.29 is 9.90 Å². The Bertz CT molecular complexity index is 350. The first-order valence-corrected chi connectivity index (χ1v) is 4.95. The van der Waals surface area contributed by atoms with E-state index < -0.39 is 6.09 Å². The fourth-order valence-corrected chi connectivity index (χ4v) is 2.01. The van der Waals surface area contributed by atoms with Crippen LogP contribution in [0, 0.1) is 3.70 Å². The minimum absolute atomic E-state index is 0.450. The molecule has 1 aromatic rings. The standard InChI is InChI=1S/C7H8IN3O2/c8-6-3-5-4-10(7(12)13)1-2-11(5)9-6/h3H,1-2,4H2,(H,12,13). The summed E-state index contributed by atoms with van der Waals surface area (Å²) in [5.41, 5.74) is 0.970. The van der Waals surface area contributed by atoms with Gasteiger partial charge in [-0.3, -0.25) is 4.68 Å². The van der Waals surface area contributed by atoms with Gasteiger partial charge in [-0.25, -0.2) is 4.79 Å². The fraction of sp³-hybridized carbons (Fsp3) is 0.429. The zero-order chi connectivity index (χ0) is 9.42. The first-order chi connectivity index (χ1) is 6.16. The molecule has 5 nitrogen and oxygen atoms in total. The normalized spacial score (nSPS) is 15.6. The molecule has 1 amide bonds. The van der Waals surface area contributed by atoms with Crippen LogP contribution in [0.25, 0.3) is 0 Å². The maximum absolute atomic E-state index is 10.7. The quantitative estimate of drug-likeness (QED) is 0.725. The smallest absolute Gasteiger partial charge is 0.407 e. The Labute approximate surface area is 88.5 Å². The predicted molar refractivity (Wildman–Crippen MR) is 53.4 cm³/mol. The van der Waals surface area contributed by atoms with Gasteiger partial charge in [0.1, 0.15) is 3.70 Å². The SMILES string of the molecule is O=C(O)N1CCn2nc(I)cc2C1. The molecular weight excluding hydrogens is 285 g/mol. The van der Waals surface area contributed by atoms with Gasteiger partial charge in [-0.05, 0) is 28.7 Å². The average molecular weight is 293 g/mol. The van der Waals surface area contributed by atoms with E-state index in [1.54, 1.807) is 0 Å². The third kappa shape index (κ3) is 1.62. The Balaban J connectivity index is 2.24. The van der Waals surface area contributed by atoms with Gasteiger partial charge in [0.25, 0.3) is 0 Å². The number of hydrogen-bond acceptors (Lipinski definition) is 2. The van der Waals surface area contributed by atoms with E-state index in [1.807, 2.05) is 10.7 Å². The lowest BCUT2D eigenvalue weighted by Crippen LogP contribution is -2.37. The van der Waals surface area contributed by atoms with Gasteiger partial charge in [-0.1, -0.05) is 0 Å². The van der Waals surface area contributed by atoms with Crippen molar-refractivity contribution in [2.75, 3.05) is 6.54 Å². The Morgan fingerprint density at radius 3 is 3.08 bits per heavy atom. The highest BCUT2D eigenvalue weighted by atomic mass is 127. The Kier molecular flexibility index (Phi) is 2.14. The number of aromatic nitrogens is 2. The third-order valence-corrected chi connectivity index (χ3v) is 2.57. The van der Waals surface area contributed by atoms with E-state index in [4.69, 9.17) is 5.11 Å². The highest BCUT2D eigenvalue weighted by Crippen LogP contribution is 2.14. The second kappa shape index (κ2) is 3.17. The number of nitrogens with zero attached hydrogens (tertiary/aromatic N) is 3. The molecule has 0 aromatic carbocycles. The van der Waals surface area contributed by atoms with Gasteiger partial charge in [-0.15, -0.1) is 0 Å². The number of halogens is 1. The first kappa shape index (κ1) is 8.79. The molecule has 0 aliphatic carbocycles. The number of hydrogen-bond donors (Lipinski definition) is 1. The van der Waals surface area contributed by atoms with Crippen LogP contribution in [0.1, 0.15) is 5.69 Å². The van der Waals surface area contributed by atoms with Crippen molar-refractivity contribution in [2.24, 2.45) is 0 Å². The van der Waals surface area contributed by atoms with Crippen molar-refractivity contribution in [1.82, 2.24) is 14.7 Å². The van der Waals surface area contributed by atoms with Gasteiger partial charge < -0.3 is 10.0 Å². The summed E-state index contributed by atoms with van der Waals surface area (Å²) in [5.74, 6) is 0. The second-order valence-electron chi connectivity index (χ2n) is 2.89. The van der Waals surface area contributed by atoms with Crippen LogP contribution in [0.4, 0.5) is 4.79 Å². The number of fused-ring (bicyclic) bond motifs is 1. The highest BCUT2D eigenvalue weighted by Gasteiger charge is 2.20. The molecule has 0 saturated carbocycles. The lowest BCUT2D eigenvalue weighted by molar-refractivity contribution is 0.131. The molecule has 13 heavy (non-hydrogen) atoms. The monoisotopic (exact) mass is 293 g/mol. The van der Waals surface area contributed by atoms with Crippen LogP contribution >= 0.6 is 22.6 Å². The van der Waals surface area contributed by atoms with Crippen LogP contribution in [-0.2, 0) is 13.1 Å². The van der Waals surface area contributed by atoms with Crippen molar-refractivity contribution in [3.63, 3.8) is 0 Å². The van der Waals surface area contributed by atoms with E-state index in [1.165, 1.54) is 4.90 Å². The van der Waals surface area contributed by atoms with Gasteiger partial charge in [0.15, 0.2) is 0 Å². The molecule has 0 saturated heterocycles. The van der Waals surface area contributed by atoms with E-state index in [0.29, 0.717) is 19.6 Å². The maximum atomic E-state index is 10.7. The molecule has 0 spiro atoms. The van der Waals surface area contributed by atoms with Crippen molar-refractivity contribution in [2.45, 2.75) is 13.1 Å². The molecule has 1 aromatic heterocycles.